The molecule has 0 bridgehead atoms. The van der Waals surface area contributed by atoms with Crippen LogP contribution < -0.4 is 5.32 Å². The zero-order valence-corrected chi connectivity index (χ0v) is 12.1. The van der Waals surface area contributed by atoms with Crippen molar-refractivity contribution in [3.8, 4) is 0 Å². The molecule has 0 spiro atoms. The molecule has 0 aromatic carbocycles. The molecule has 1 radical (unpaired) electrons. The molecule has 0 aromatic heterocycles. The van der Waals surface area contributed by atoms with Crippen LogP contribution in [0.25, 0.3) is 0 Å². The first-order valence-electron chi connectivity index (χ1n) is 6.72. The van der Waals surface area contributed by atoms with Crippen molar-refractivity contribution in [1.29, 1.82) is 0 Å². The minimum Gasteiger partial charge on any atom is -0.288 e. The zero-order chi connectivity index (χ0) is 16.1. The normalized spacial score (nSPS) is 20.0. The molecule has 0 unspecified atom stereocenters. The van der Waals surface area contributed by atoms with Crippen LogP contribution in [0.15, 0.2) is 50.6 Å². The summed E-state index contributed by atoms with van der Waals surface area (Å²) >= 11 is 0. The van der Waals surface area contributed by atoms with Crippen LogP contribution in [0, 0.1) is 0 Å². The summed E-state index contributed by atoms with van der Waals surface area (Å²) in [5, 5.41) is 15.1. The average molecular weight is 289 g/mol. The van der Waals surface area contributed by atoms with Gasteiger partial charge in [0.1, 0.15) is 11.1 Å². The van der Waals surface area contributed by atoms with Gasteiger partial charge in [0.05, 0.1) is 0 Å². The highest BCUT2D eigenvalue weighted by molar-refractivity contribution is 6.05. The Morgan fingerprint density at radius 1 is 0.810 bits per heavy atom. The fourth-order valence-corrected chi connectivity index (χ4v) is 2.75. The predicted octanol–water partition coefficient (Wildman–Crippen LogP) is 2.07. The van der Waals surface area contributed by atoms with Gasteiger partial charge in [-0.2, -0.15) is 0 Å². The summed E-state index contributed by atoms with van der Waals surface area (Å²) in [7, 11) is 0. The third-order valence-corrected chi connectivity index (χ3v) is 3.64. The van der Waals surface area contributed by atoms with Gasteiger partial charge in [-0.25, -0.2) is 0 Å². The molecule has 5 heteroatoms. The summed E-state index contributed by atoms with van der Waals surface area (Å²) in [5.74, 6) is -1.62. The molecule has 1 fully saturated rings. The Labute approximate surface area is 125 Å². The number of imide groups is 1. The summed E-state index contributed by atoms with van der Waals surface area (Å²) in [6.07, 6.45) is 7.07. The maximum atomic E-state index is 12.3. The molecule has 113 valence electrons. The van der Waals surface area contributed by atoms with E-state index in [1.54, 1.807) is 24.3 Å². The molecule has 0 aromatic rings. The Bertz CT molecular complexity index is 420. The number of rotatable bonds is 8. The summed E-state index contributed by atoms with van der Waals surface area (Å²) in [5.41, 5.74) is -2.41. The molecular formula is C16H21N2O3. The number of hydrogen-bond donors (Lipinski definition) is 1. The fourth-order valence-electron chi connectivity index (χ4n) is 2.75. The molecule has 2 amide bonds. The molecule has 0 atom stereocenters. The molecule has 1 N–H and O–H groups in total. The Balaban J connectivity index is 3.39. The number of hydrogen-bond acceptors (Lipinski definition) is 3. The second-order valence-electron chi connectivity index (χ2n) is 5.17. The van der Waals surface area contributed by atoms with Crippen molar-refractivity contribution < 1.29 is 14.8 Å². The Morgan fingerprint density at radius 2 is 1.10 bits per heavy atom. The number of hydroxylamine groups is 2. The van der Waals surface area contributed by atoms with Gasteiger partial charge in [0.25, 0.3) is 11.8 Å². The van der Waals surface area contributed by atoms with Crippen molar-refractivity contribution in [3.05, 3.63) is 50.6 Å². The van der Waals surface area contributed by atoms with E-state index in [9.17, 15) is 14.8 Å². The Hall–Kier alpha value is -1.98. The third kappa shape index (κ3) is 2.89. The van der Waals surface area contributed by atoms with E-state index in [1.165, 1.54) is 0 Å². The van der Waals surface area contributed by atoms with Crippen molar-refractivity contribution in [2.75, 3.05) is 0 Å². The van der Waals surface area contributed by atoms with Crippen LogP contribution in [0.4, 0.5) is 0 Å². The number of piperazine rings is 1. The second-order valence-corrected chi connectivity index (χ2v) is 5.17. The maximum absolute atomic E-state index is 12.3. The predicted molar refractivity (Wildman–Crippen MR) is 80.4 cm³/mol. The summed E-state index contributed by atoms with van der Waals surface area (Å²) < 4.78 is 0. The van der Waals surface area contributed by atoms with Crippen LogP contribution >= 0.6 is 0 Å². The summed E-state index contributed by atoms with van der Waals surface area (Å²) in [4.78, 5) is 24.6. The van der Waals surface area contributed by atoms with Gasteiger partial charge in [-0.3, -0.25) is 14.9 Å². The van der Waals surface area contributed by atoms with Crippen LogP contribution in [-0.2, 0) is 14.8 Å². The van der Waals surface area contributed by atoms with Crippen LogP contribution in [0.2, 0.25) is 0 Å². The second kappa shape index (κ2) is 6.65. The minimum absolute atomic E-state index is 0.0451. The molecule has 1 heterocycles. The van der Waals surface area contributed by atoms with E-state index in [0.29, 0.717) is 0 Å². The Kier molecular flexibility index (Phi) is 5.41. The van der Waals surface area contributed by atoms with Gasteiger partial charge >= 0.3 is 0 Å². The molecule has 1 saturated heterocycles. The molecule has 1 aliphatic heterocycles. The molecule has 1 aliphatic rings. The van der Waals surface area contributed by atoms with Crippen molar-refractivity contribution in [2.45, 2.75) is 36.8 Å². The van der Waals surface area contributed by atoms with E-state index >= 15 is 0 Å². The Morgan fingerprint density at radius 3 is 1.33 bits per heavy atom. The highest BCUT2D eigenvalue weighted by Gasteiger charge is 2.56. The van der Waals surface area contributed by atoms with Crippen molar-refractivity contribution in [1.82, 2.24) is 10.4 Å². The van der Waals surface area contributed by atoms with Crippen LogP contribution in [-0.4, -0.2) is 28.0 Å². The first-order chi connectivity index (χ1) is 9.93. The number of carbonyl (C=O) groups excluding carboxylic acids is 2. The topological polar surface area (TPSA) is 69.3 Å². The van der Waals surface area contributed by atoms with Crippen molar-refractivity contribution in [3.63, 3.8) is 0 Å². The van der Waals surface area contributed by atoms with Gasteiger partial charge < -0.3 is 0 Å². The smallest absolute Gasteiger partial charge is 0.277 e. The highest BCUT2D eigenvalue weighted by Crippen LogP contribution is 2.33. The van der Waals surface area contributed by atoms with Crippen molar-refractivity contribution >= 4 is 11.8 Å². The first-order valence-corrected chi connectivity index (χ1v) is 6.72. The number of amides is 2. The molecule has 0 aliphatic carbocycles. The van der Waals surface area contributed by atoms with Gasteiger partial charge in [-0.1, -0.05) is 29.5 Å². The summed E-state index contributed by atoms with van der Waals surface area (Å²) in [6.45, 7) is 14.5. The standard InChI is InChI=1S/C16H21N2O3/c1-5-9-15(10-6-2)13(19)18(21)14(20)16(17-15,11-7-3)12-8-4/h5-8,17H,1-4,9-12H2. The quantitative estimate of drug-likeness (QED) is 0.549. The first kappa shape index (κ1) is 17.1. The lowest BCUT2D eigenvalue weighted by molar-refractivity contribution is -0.214. The minimum atomic E-state index is -1.20. The lowest BCUT2D eigenvalue weighted by Gasteiger charge is -2.47. The zero-order valence-electron chi connectivity index (χ0n) is 12.1. The number of nitrogens with zero attached hydrogens (tertiary/aromatic N) is 1. The van der Waals surface area contributed by atoms with Crippen LogP contribution in [0.5, 0.6) is 0 Å². The van der Waals surface area contributed by atoms with Gasteiger partial charge in [0, 0.05) is 0 Å². The largest absolute Gasteiger partial charge is 0.288 e. The van der Waals surface area contributed by atoms with E-state index in [-0.39, 0.29) is 30.7 Å². The molecule has 21 heavy (non-hydrogen) atoms. The van der Waals surface area contributed by atoms with Gasteiger partial charge in [-0.15, -0.1) is 31.4 Å². The molecule has 5 nitrogen and oxygen atoms in total. The van der Waals surface area contributed by atoms with Gasteiger partial charge in [-0.05, 0) is 25.7 Å². The fraction of sp³-hybridized carbons (Fsp3) is 0.375. The lowest BCUT2D eigenvalue weighted by atomic mass is 9.78. The van der Waals surface area contributed by atoms with E-state index in [4.69, 9.17) is 0 Å². The average Bonchev–Trinajstić information content (AvgIpc) is 2.44. The monoisotopic (exact) mass is 289 g/mol. The van der Waals surface area contributed by atoms with Crippen LogP contribution in [0.1, 0.15) is 25.7 Å². The SMILES string of the molecule is C=CCC1(CC=C)NC(CC=C)(CC=C)C(=O)N([O])C1=O. The van der Waals surface area contributed by atoms with Crippen LogP contribution in [0.3, 0.4) is 0 Å². The molecular weight excluding hydrogens is 268 g/mol. The van der Waals surface area contributed by atoms with Gasteiger partial charge in [0.2, 0.25) is 0 Å². The van der Waals surface area contributed by atoms with Gasteiger partial charge in [0.15, 0.2) is 0 Å². The number of nitrogens with one attached hydrogen (secondary N) is 1. The lowest BCUT2D eigenvalue weighted by Crippen LogP contribution is -2.75. The van der Waals surface area contributed by atoms with E-state index < -0.39 is 22.9 Å². The summed E-state index contributed by atoms with van der Waals surface area (Å²) in [6, 6.07) is 0. The molecule has 0 saturated carbocycles. The number of carbonyl (C=O) groups is 2. The van der Waals surface area contributed by atoms with Crippen molar-refractivity contribution in [2.24, 2.45) is 0 Å². The van der Waals surface area contributed by atoms with E-state index in [1.807, 2.05) is 0 Å². The van der Waals surface area contributed by atoms with E-state index in [0.717, 1.165) is 0 Å². The van der Waals surface area contributed by atoms with E-state index in [2.05, 4.69) is 31.6 Å². The maximum Gasteiger partial charge on any atom is 0.277 e. The third-order valence-electron chi connectivity index (χ3n) is 3.64. The molecule has 1 rings (SSSR count). The highest BCUT2D eigenvalue weighted by atomic mass is 16.5.